The van der Waals surface area contributed by atoms with E-state index in [0.717, 1.165) is 11.4 Å². The Morgan fingerprint density at radius 3 is 2.64 bits per heavy atom. The molecule has 0 atom stereocenters. The normalized spacial score (nSPS) is 10.0. The van der Waals surface area contributed by atoms with E-state index in [1.807, 2.05) is 17.7 Å². The van der Waals surface area contributed by atoms with Crippen molar-refractivity contribution in [1.29, 1.82) is 0 Å². The highest BCUT2D eigenvalue weighted by Gasteiger charge is 1.98. The lowest BCUT2D eigenvalue weighted by Gasteiger charge is -1.98. The van der Waals surface area contributed by atoms with Gasteiger partial charge in [-0.2, -0.15) is 0 Å². The van der Waals surface area contributed by atoms with Gasteiger partial charge in [0.1, 0.15) is 5.01 Å². The molecule has 14 heavy (non-hydrogen) atoms. The third-order valence-corrected chi connectivity index (χ3v) is 2.84. The summed E-state index contributed by atoms with van der Waals surface area (Å²) < 4.78 is 0. The second-order valence-electron chi connectivity index (χ2n) is 3.03. The molecule has 0 amide bonds. The van der Waals surface area contributed by atoms with Crippen molar-refractivity contribution < 1.29 is 0 Å². The first-order chi connectivity index (χ1) is 6.90. The number of rotatable bonds is 3. The summed E-state index contributed by atoms with van der Waals surface area (Å²) in [6.45, 7) is 3.72. The maximum atomic E-state index is 4.26. The van der Waals surface area contributed by atoms with Crippen LogP contribution in [-0.4, -0.2) is 4.98 Å². The zero-order chi connectivity index (χ0) is 9.80. The highest BCUT2D eigenvalue weighted by molar-refractivity contribution is 7.13. The van der Waals surface area contributed by atoms with Crippen molar-refractivity contribution in [2.24, 2.45) is 0 Å². The van der Waals surface area contributed by atoms with E-state index in [0.29, 0.717) is 0 Å². The van der Waals surface area contributed by atoms with Gasteiger partial charge in [0.15, 0.2) is 0 Å². The lowest BCUT2D eigenvalue weighted by atomic mass is 10.1. The Hall–Kier alpha value is -1.41. The molecule has 0 aliphatic heterocycles. The van der Waals surface area contributed by atoms with Crippen molar-refractivity contribution in [3.05, 3.63) is 54.1 Å². The van der Waals surface area contributed by atoms with Crippen LogP contribution in [-0.2, 0) is 6.42 Å². The molecule has 0 N–H and O–H groups in total. The van der Waals surface area contributed by atoms with E-state index in [1.165, 1.54) is 11.1 Å². The fraction of sp³-hybridized carbons (Fsp3) is 0.0833. The summed E-state index contributed by atoms with van der Waals surface area (Å²) in [6.07, 6.45) is 4.67. The van der Waals surface area contributed by atoms with Crippen LogP contribution in [0.2, 0.25) is 0 Å². The SMILES string of the molecule is C=CCc1ccc(-c2nccs2)cc1. The van der Waals surface area contributed by atoms with Crippen LogP contribution < -0.4 is 0 Å². The first-order valence-electron chi connectivity index (χ1n) is 4.50. The van der Waals surface area contributed by atoms with Gasteiger partial charge in [0.2, 0.25) is 0 Å². The van der Waals surface area contributed by atoms with Crippen molar-refractivity contribution in [1.82, 2.24) is 4.98 Å². The number of hydrogen-bond acceptors (Lipinski definition) is 2. The summed E-state index contributed by atoms with van der Waals surface area (Å²) in [5.41, 5.74) is 2.48. The molecule has 1 heterocycles. The Balaban J connectivity index is 2.26. The number of thiazole rings is 1. The van der Waals surface area contributed by atoms with Crippen LogP contribution in [0, 0.1) is 0 Å². The van der Waals surface area contributed by atoms with Gasteiger partial charge in [-0.1, -0.05) is 30.3 Å². The minimum Gasteiger partial charge on any atom is -0.245 e. The van der Waals surface area contributed by atoms with E-state index in [2.05, 4.69) is 35.8 Å². The monoisotopic (exact) mass is 201 g/mol. The zero-order valence-corrected chi connectivity index (χ0v) is 8.63. The van der Waals surface area contributed by atoms with Gasteiger partial charge in [-0.25, -0.2) is 4.98 Å². The number of allylic oxidation sites excluding steroid dienone is 1. The maximum absolute atomic E-state index is 4.26. The molecular weight excluding hydrogens is 190 g/mol. The summed E-state index contributed by atoms with van der Waals surface area (Å²) in [5.74, 6) is 0. The van der Waals surface area contributed by atoms with Gasteiger partial charge < -0.3 is 0 Å². The van der Waals surface area contributed by atoms with Crippen molar-refractivity contribution in [2.75, 3.05) is 0 Å². The first kappa shape index (κ1) is 9.16. The summed E-state index contributed by atoms with van der Waals surface area (Å²) in [4.78, 5) is 4.26. The third-order valence-electron chi connectivity index (χ3n) is 2.01. The topological polar surface area (TPSA) is 12.9 Å². The van der Waals surface area contributed by atoms with E-state index in [9.17, 15) is 0 Å². The van der Waals surface area contributed by atoms with Gasteiger partial charge in [0, 0.05) is 17.1 Å². The average molecular weight is 201 g/mol. The maximum Gasteiger partial charge on any atom is 0.123 e. The number of hydrogen-bond donors (Lipinski definition) is 0. The third kappa shape index (κ3) is 1.91. The van der Waals surface area contributed by atoms with Crippen molar-refractivity contribution in [2.45, 2.75) is 6.42 Å². The Bertz CT molecular complexity index is 400. The predicted octanol–water partition coefficient (Wildman–Crippen LogP) is 3.54. The molecule has 2 rings (SSSR count). The Morgan fingerprint density at radius 1 is 1.29 bits per heavy atom. The molecule has 1 aromatic heterocycles. The molecule has 0 aliphatic carbocycles. The van der Waals surface area contributed by atoms with Crippen LogP contribution in [0.3, 0.4) is 0 Å². The molecule has 0 fully saturated rings. The Morgan fingerprint density at radius 2 is 2.07 bits per heavy atom. The molecule has 70 valence electrons. The van der Waals surface area contributed by atoms with Crippen molar-refractivity contribution in [3.8, 4) is 10.6 Å². The average Bonchev–Trinajstić information content (AvgIpc) is 2.72. The van der Waals surface area contributed by atoms with Gasteiger partial charge in [0.05, 0.1) is 0 Å². The van der Waals surface area contributed by atoms with Crippen LogP contribution >= 0.6 is 11.3 Å². The van der Waals surface area contributed by atoms with Gasteiger partial charge in [0.25, 0.3) is 0 Å². The van der Waals surface area contributed by atoms with Crippen LogP contribution in [0.25, 0.3) is 10.6 Å². The summed E-state index contributed by atoms with van der Waals surface area (Å²) in [7, 11) is 0. The molecule has 0 saturated carbocycles. The Kier molecular flexibility index (Phi) is 2.75. The zero-order valence-electron chi connectivity index (χ0n) is 7.81. The predicted molar refractivity (Wildman–Crippen MR) is 61.5 cm³/mol. The van der Waals surface area contributed by atoms with Crippen molar-refractivity contribution in [3.63, 3.8) is 0 Å². The summed E-state index contributed by atoms with van der Waals surface area (Å²) in [5, 5.41) is 3.07. The van der Waals surface area contributed by atoms with Gasteiger partial charge in [-0.3, -0.25) is 0 Å². The van der Waals surface area contributed by atoms with Gasteiger partial charge >= 0.3 is 0 Å². The number of nitrogens with zero attached hydrogens (tertiary/aromatic N) is 1. The molecule has 0 spiro atoms. The fourth-order valence-corrected chi connectivity index (χ4v) is 1.96. The smallest absolute Gasteiger partial charge is 0.123 e. The lowest BCUT2D eigenvalue weighted by Crippen LogP contribution is -1.81. The lowest BCUT2D eigenvalue weighted by molar-refractivity contribution is 1.28. The molecule has 0 unspecified atom stereocenters. The van der Waals surface area contributed by atoms with Gasteiger partial charge in [-0.05, 0) is 12.0 Å². The molecule has 0 radical (unpaired) electrons. The fourth-order valence-electron chi connectivity index (χ4n) is 1.32. The van der Waals surface area contributed by atoms with Crippen LogP contribution in [0.5, 0.6) is 0 Å². The van der Waals surface area contributed by atoms with Crippen LogP contribution in [0.4, 0.5) is 0 Å². The summed E-state index contributed by atoms with van der Waals surface area (Å²) >= 11 is 1.66. The van der Waals surface area contributed by atoms with Gasteiger partial charge in [-0.15, -0.1) is 17.9 Å². The molecule has 0 bridgehead atoms. The summed E-state index contributed by atoms with van der Waals surface area (Å²) in [6, 6.07) is 8.46. The molecular formula is C12H11NS. The molecule has 0 aliphatic rings. The number of aromatic nitrogens is 1. The molecule has 0 saturated heterocycles. The second kappa shape index (κ2) is 4.20. The number of benzene rings is 1. The quantitative estimate of drug-likeness (QED) is 0.692. The molecule has 2 aromatic rings. The Labute approximate surface area is 87.8 Å². The molecule has 1 aromatic carbocycles. The van der Waals surface area contributed by atoms with Crippen LogP contribution in [0.1, 0.15) is 5.56 Å². The van der Waals surface area contributed by atoms with Crippen molar-refractivity contribution >= 4 is 11.3 Å². The standard InChI is InChI=1S/C12H11NS/c1-2-3-10-4-6-11(7-5-10)12-13-8-9-14-12/h2,4-9H,1,3H2. The van der Waals surface area contributed by atoms with E-state index in [4.69, 9.17) is 0 Å². The largest absolute Gasteiger partial charge is 0.245 e. The van der Waals surface area contributed by atoms with Crippen LogP contribution in [0.15, 0.2) is 48.5 Å². The molecule has 1 nitrogen and oxygen atoms in total. The minimum absolute atomic E-state index is 0.929. The van der Waals surface area contributed by atoms with E-state index >= 15 is 0 Å². The second-order valence-corrected chi connectivity index (χ2v) is 3.92. The highest BCUT2D eigenvalue weighted by atomic mass is 32.1. The minimum atomic E-state index is 0.929. The molecule has 2 heteroatoms. The van der Waals surface area contributed by atoms with E-state index in [1.54, 1.807) is 11.3 Å². The van der Waals surface area contributed by atoms with E-state index < -0.39 is 0 Å². The first-order valence-corrected chi connectivity index (χ1v) is 5.38. The van der Waals surface area contributed by atoms with E-state index in [-0.39, 0.29) is 0 Å². The highest BCUT2D eigenvalue weighted by Crippen LogP contribution is 2.21.